The Morgan fingerprint density at radius 2 is 1.17 bits per heavy atom. The molecule has 0 aromatic heterocycles. The fourth-order valence-corrected chi connectivity index (χ4v) is 4.57. The first kappa shape index (κ1) is 16.4. The van der Waals surface area contributed by atoms with Gasteiger partial charge >= 0.3 is 0 Å². The summed E-state index contributed by atoms with van der Waals surface area (Å²) in [5, 5.41) is 3.84. The third-order valence-electron chi connectivity index (χ3n) is 5.93. The van der Waals surface area contributed by atoms with Gasteiger partial charge in [0, 0.05) is 63.9 Å². The van der Waals surface area contributed by atoms with E-state index in [-0.39, 0.29) is 22.9 Å². The molecule has 0 saturated carbocycles. The Kier molecular flexibility index (Phi) is 4.21. The number of nitrogens with zero attached hydrogens (tertiary/aromatic N) is 2. The first-order chi connectivity index (χ1) is 10.8. The van der Waals surface area contributed by atoms with Crippen LogP contribution in [0.15, 0.2) is 0 Å². The van der Waals surface area contributed by atoms with E-state index in [4.69, 9.17) is 0 Å². The highest BCUT2D eigenvalue weighted by Gasteiger charge is 2.49. The molecule has 6 heteroatoms. The molecule has 2 spiro atoms. The summed E-state index contributed by atoms with van der Waals surface area (Å²) in [5.41, 5.74) is -0.306. The molecule has 3 heterocycles. The second kappa shape index (κ2) is 5.89. The van der Waals surface area contributed by atoms with E-state index in [0.29, 0.717) is 18.6 Å². The second-order valence-electron chi connectivity index (χ2n) is 7.59. The number of likely N-dealkylation sites (tertiary alicyclic amines) is 2. The summed E-state index contributed by atoms with van der Waals surface area (Å²) < 4.78 is 0. The van der Waals surface area contributed by atoms with Crippen LogP contribution in [0.5, 0.6) is 0 Å². The molecule has 128 valence electrons. The fraction of sp³-hybridized carbons (Fsp3) is 0.824. The Bertz CT molecular complexity index is 471. The fourth-order valence-electron chi connectivity index (χ4n) is 4.57. The van der Waals surface area contributed by atoms with Crippen LogP contribution >= 0.6 is 0 Å². The van der Waals surface area contributed by atoms with Crippen molar-refractivity contribution in [1.29, 1.82) is 0 Å². The predicted molar refractivity (Wildman–Crippen MR) is 85.8 cm³/mol. The van der Waals surface area contributed by atoms with Crippen molar-refractivity contribution in [3.05, 3.63) is 0 Å². The van der Waals surface area contributed by atoms with E-state index in [1.807, 2.05) is 9.80 Å². The van der Waals surface area contributed by atoms with Crippen LogP contribution in [0.2, 0.25) is 0 Å². The zero-order valence-electron chi connectivity index (χ0n) is 14.2. The van der Waals surface area contributed by atoms with Gasteiger partial charge in [0.15, 0.2) is 0 Å². The normalized spacial score (nSPS) is 26.6. The molecular formula is C17H27N3O3. The molecule has 0 unspecified atom stereocenters. The molecule has 0 atom stereocenters. The summed E-state index contributed by atoms with van der Waals surface area (Å²) in [7, 11) is 0. The summed E-state index contributed by atoms with van der Waals surface area (Å²) in [6.45, 7) is 6.12. The highest BCUT2D eigenvalue weighted by atomic mass is 16.2. The van der Waals surface area contributed by atoms with Crippen molar-refractivity contribution in [3.8, 4) is 0 Å². The molecule has 6 nitrogen and oxygen atoms in total. The SMILES string of the molecule is CC(=O)N1CCC2(CC1)CC(=O)CC1(CCN(C(C)=O)CC1)N2. The molecule has 0 aromatic carbocycles. The number of rotatable bonds is 0. The topological polar surface area (TPSA) is 69.7 Å². The van der Waals surface area contributed by atoms with Gasteiger partial charge in [-0.15, -0.1) is 0 Å². The highest BCUT2D eigenvalue weighted by molar-refractivity contribution is 5.82. The van der Waals surface area contributed by atoms with Crippen molar-refractivity contribution >= 4 is 17.6 Å². The number of piperidine rings is 3. The first-order valence-corrected chi connectivity index (χ1v) is 8.65. The zero-order chi connectivity index (χ0) is 16.7. The van der Waals surface area contributed by atoms with Gasteiger partial charge in [-0.2, -0.15) is 0 Å². The van der Waals surface area contributed by atoms with Crippen LogP contribution in [0.4, 0.5) is 0 Å². The maximum Gasteiger partial charge on any atom is 0.219 e. The maximum atomic E-state index is 12.4. The third kappa shape index (κ3) is 3.27. The molecule has 1 N–H and O–H groups in total. The third-order valence-corrected chi connectivity index (χ3v) is 5.93. The highest BCUT2D eigenvalue weighted by Crippen LogP contribution is 2.39. The number of carbonyl (C=O) groups is 3. The molecule has 3 aliphatic rings. The smallest absolute Gasteiger partial charge is 0.219 e. The minimum Gasteiger partial charge on any atom is -0.343 e. The Morgan fingerprint density at radius 1 is 0.826 bits per heavy atom. The van der Waals surface area contributed by atoms with Gasteiger partial charge in [-0.1, -0.05) is 0 Å². The molecule has 3 fully saturated rings. The molecule has 3 rings (SSSR count). The first-order valence-electron chi connectivity index (χ1n) is 8.65. The van der Waals surface area contributed by atoms with Crippen LogP contribution in [0, 0.1) is 0 Å². The summed E-state index contributed by atoms with van der Waals surface area (Å²) in [6, 6.07) is 0. The van der Waals surface area contributed by atoms with E-state index in [0.717, 1.165) is 51.9 Å². The van der Waals surface area contributed by atoms with Crippen LogP contribution < -0.4 is 5.32 Å². The van der Waals surface area contributed by atoms with Crippen LogP contribution in [-0.2, 0) is 14.4 Å². The van der Waals surface area contributed by atoms with E-state index in [9.17, 15) is 14.4 Å². The Hall–Kier alpha value is -1.43. The lowest BCUT2D eigenvalue weighted by Crippen LogP contribution is -2.68. The lowest BCUT2D eigenvalue weighted by Gasteiger charge is -2.54. The second-order valence-corrected chi connectivity index (χ2v) is 7.59. The summed E-state index contributed by atoms with van der Waals surface area (Å²) in [4.78, 5) is 39.2. The Balaban J connectivity index is 1.70. The van der Waals surface area contributed by atoms with E-state index in [2.05, 4.69) is 5.32 Å². The van der Waals surface area contributed by atoms with Crippen molar-refractivity contribution in [3.63, 3.8) is 0 Å². The quantitative estimate of drug-likeness (QED) is 0.713. The summed E-state index contributed by atoms with van der Waals surface area (Å²) in [5.74, 6) is 0.564. The van der Waals surface area contributed by atoms with Crippen molar-refractivity contribution in [2.75, 3.05) is 26.2 Å². The lowest BCUT2D eigenvalue weighted by molar-refractivity contribution is -0.134. The predicted octanol–water partition coefficient (Wildman–Crippen LogP) is 0.701. The molecule has 23 heavy (non-hydrogen) atoms. The van der Waals surface area contributed by atoms with Crippen LogP contribution in [0.1, 0.15) is 52.4 Å². The monoisotopic (exact) mass is 321 g/mol. The summed E-state index contributed by atoms with van der Waals surface area (Å²) >= 11 is 0. The van der Waals surface area contributed by atoms with E-state index >= 15 is 0 Å². The van der Waals surface area contributed by atoms with Crippen LogP contribution in [-0.4, -0.2) is 64.7 Å². The average molecular weight is 321 g/mol. The standard InChI is InChI=1S/C17H27N3O3/c1-13(21)19-7-3-16(4-8-19)11-15(23)12-17(18-16)5-9-20(10-6-17)14(2)22/h18H,3-12H2,1-2H3. The van der Waals surface area contributed by atoms with Crippen molar-refractivity contribution in [2.24, 2.45) is 0 Å². The van der Waals surface area contributed by atoms with Crippen molar-refractivity contribution in [1.82, 2.24) is 15.1 Å². The minimum absolute atomic E-state index is 0.117. The van der Waals surface area contributed by atoms with Gasteiger partial charge in [-0.3, -0.25) is 14.4 Å². The van der Waals surface area contributed by atoms with Crippen molar-refractivity contribution in [2.45, 2.75) is 63.5 Å². The van der Waals surface area contributed by atoms with Crippen LogP contribution in [0.25, 0.3) is 0 Å². The van der Waals surface area contributed by atoms with E-state index in [1.165, 1.54) is 0 Å². The molecule has 0 aromatic rings. The molecule has 3 saturated heterocycles. The number of hydrogen-bond acceptors (Lipinski definition) is 4. The van der Waals surface area contributed by atoms with E-state index in [1.54, 1.807) is 13.8 Å². The maximum absolute atomic E-state index is 12.4. The van der Waals surface area contributed by atoms with E-state index < -0.39 is 0 Å². The van der Waals surface area contributed by atoms with Gasteiger partial charge in [0.1, 0.15) is 5.78 Å². The van der Waals surface area contributed by atoms with Gasteiger partial charge < -0.3 is 15.1 Å². The van der Waals surface area contributed by atoms with Crippen molar-refractivity contribution < 1.29 is 14.4 Å². The van der Waals surface area contributed by atoms with Gasteiger partial charge in [-0.05, 0) is 25.7 Å². The van der Waals surface area contributed by atoms with Crippen LogP contribution in [0.3, 0.4) is 0 Å². The number of Topliss-reactive ketones (excluding diaryl/α,β-unsaturated/α-hetero) is 1. The number of nitrogens with one attached hydrogen (secondary N) is 1. The molecule has 2 amide bonds. The number of amides is 2. The number of ketones is 1. The van der Waals surface area contributed by atoms with Gasteiger partial charge in [0.05, 0.1) is 0 Å². The lowest BCUT2D eigenvalue weighted by atomic mass is 9.70. The van der Waals surface area contributed by atoms with Gasteiger partial charge in [0.2, 0.25) is 11.8 Å². The molecular weight excluding hydrogens is 294 g/mol. The Morgan fingerprint density at radius 3 is 1.48 bits per heavy atom. The Labute approximate surface area is 137 Å². The molecule has 0 bridgehead atoms. The molecule has 0 radical (unpaired) electrons. The summed E-state index contributed by atoms with van der Waals surface area (Å²) in [6.07, 6.45) is 4.54. The molecule has 0 aliphatic carbocycles. The number of carbonyl (C=O) groups excluding carboxylic acids is 3. The minimum atomic E-state index is -0.153. The zero-order valence-corrected chi connectivity index (χ0v) is 14.2. The van der Waals surface area contributed by atoms with Gasteiger partial charge in [0.25, 0.3) is 0 Å². The average Bonchev–Trinajstić information content (AvgIpc) is 2.47. The number of hydrogen-bond donors (Lipinski definition) is 1. The molecule has 3 aliphatic heterocycles. The largest absolute Gasteiger partial charge is 0.343 e. The van der Waals surface area contributed by atoms with Gasteiger partial charge in [-0.25, -0.2) is 0 Å².